The molecule has 28 heavy (non-hydrogen) atoms. The molecule has 8 heteroatoms. The van der Waals surface area contributed by atoms with Crippen molar-refractivity contribution in [1.82, 2.24) is 9.78 Å². The number of rotatable bonds is 2. The molecule has 1 aromatic heterocycles. The number of aromatic nitrogens is 2. The van der Waals surface area contributed by atoms with Gasteiger partial charge in [-0.25, -0.2) is 0 Å². The average molecular weight is 401 g/mol. The molecule has 1 atom stereocenters. The molecule has 1 fully saturated rings. The van der Waals surface area contributed by atoms with E-state index >= 15 is 0 Å². The Kier molecular flexibility index (Phi) is 4.58. The number of benzene rings is 1. The van der Waals surface area contributed by atoms with E-state index in [-0.39, 0.29) is 29.6 Å². The maximum Gasteiger partial charge on any atom is 0.270 e. The van der Waals surface area contributed by atoms with Gasteiger partial charge < -0.3 is 14.8 Å². The van der Waals surface area contributed by atoms with Gasteiger partial charge in [0.1, 0.15) is 5.82 Å². The maximum absolute atomic E-state index is 13.0. The summed E-state index contributed by atoms with van der Waals surface area (Å²) in [6.07, 6.45) is 6.80. The SMILES string of the molecule is O=C1CS[C@H](c2ccc3c(c2)OCO3)c2c(n(C3CCCCCC3)[nH]c2=O)N1. The van der Waals surface area contributed by atoms with E-state index in [2.05, 4.69) is 10.4 Å². The molecule has 148 valence electrons. The van der Waals surface area contributed by atoms with Gasteiger partial charge in [-0.3, -0.25) is 19.4 Å². The number of nitrogens with one attached hydrogen (secondary N) is 2. The van der Waals surface area contributed by atoms with E-state index in [1.54, 1.807) is 0 Å². The number of hydrogen-bond donors (Lipinski definition) is 2. The molecule has 2 aliphatic heterocycles. The van der Waals surface area contributed by atoms with Crippen LogP contribution in [0.25, 0.3) is 0 Å². The summed E-state index contributed by atoms with van der Waals surface area (Å²) >= 11 is 1.47. The van der Waals surface area contributed by atoms with E-state index in [0.29, 0.717) is 28.6 Å². The predicted octanol–water partition coefficient (Wildman–Crippen LogP) is 3.58. The van der Waals surface area contributed by atoms with Crippen molar-refractivity contribution in [2.45, 2.75) is 49.8 Å². The third-order valence-corrected chi connectivity index (χ3v) is 7.02. The van der Waals surface area contributed by atoms with Crippen LogP contribution in [0.4, 0.5) is 5.82 Å². The summed E-state index contributed by atoms with van der Waals surface area (Å²) in [5.74, 6) is 2.26. The zero-order valence-corrected chi connectivity index (χ0v) is 16.3. The number of fused-ring (bicyclic) bond motifs is 2. The van der Waals surface area contributed by atoms with Crippen LogP contribution < -0.4 is 20.3 Å². The van der Waals surface area contributed by atoms with Gasteiger partial charge in [-0.05, 0) is 30.5 Å². The minimum absolute atomic E-state index is 0.0733. The standard InChI is InChI=1S/C20H23N3O4S/c24-16-10-28-18(12-7-8-14-15(9-12)27-11-26-14)17-19(21-16)23(22-20(17)25)13-5-3-1-2-4-6-13/h7-9,13,18H,1-6,10-11H2,(H,21,24)(H,22,25)/t18-/m1/s1. The van der Waals surface area contributed by atoms with Crippen molar-refractivity contribution in [3.8, 4) is 11.5 Å². The first-order valence-corrected chi connectivity index (χ1v) is 10.9. The lowest BCUT2D eigenvalue weighted by Crippen LogP contribution is -2.19. The molecular weight excluding hydrogens is 378 g/mol. The van der Waals surface area contributed by atoms with Gasteiger partial charge in [0.25, 0.3) is 5.56 Å². The van der Waals surface area contributed by atoms with Crippen molar-refractivity contribution in [1.29, 1.82) is 0 Å². The van der Waals surface area contributed by atoms with E-state index in [0.717, 1.165) is 31.2 Å². The minimum atomic E-state index is -0.237. The van der Waals surface area contributed by atoms with E-state index in [9.17, 15) is 9.59 Å². The highest BCUT2D eigenvalue weighted by Crippen LogP contribution is 2.44. The number of ether oxygens (including phenoxy) is 2. The lowest BCUT2D eigenvalue weighted by atomic mass is 10.0. The summed E-state index contributed by atoms with van der Waals surface area (Å²) < 4.78 is 12.8. The van der Waals surface area contributed by atoms with Crippen LogP contribution in [0, 0.1) is 0 Å². The molecule has 7 nitrogen and oxygen atoms in total. The zero-order valence-electron chi connectivity index (χ0n) is 15.5. The van der Waals surface area contributed by atoms with Gasteiger partial charge in [-0.1, -0.05) is 31.7 Å². The number of H-pyrrole nitrogens is 1. The summed E-state index contributed by atoms with van der Waals surface area (Å²) in [4.78, 5) is 25.4. The summed E-state index contributed by atoms with van der Waals surface area (Å²) in [5, 5.41) is 5.79. The zero-order chi connectivity index (χ0) is 19.1. The number of anilines is 1. The first-order valence-electron chi connectivity index (χ1n) is 9.86. The van der Waals surface area contributed by atoms with Crippen molar-refractivity contribution in [2.75, 3.05) is 17.9 Å². The van der Waals surface area contributed by atoms with E-state index in [4.69, 9.17) is 9.47 Å². The molecule has 0 saturated heterocycles. The molecule has 0 radical (unpaired) electrons. The topological polar surface area (TPSA) is 85.3 Å². The third-order valence-electron chi connectivity index (χ3n) is 5.75. The Labute approximate surface area is 166 Å². The highest BCUT2D eigenvalue weighted by atomic mass is 32.2. The van der Waals surface area contributed by atoms with Crippen LogP contribution in [-0.4, -0.2) is 28.2 Å². The number of aromatic amines is 1. The Morgan fingerprint density at radius 3 is 2.64 bits per heavy atom. The Morgan fingerprint density at radius 2 is 1.82 bits per heavy atom. The minimum Gasteiger partial charge on any atom is -0.454 e. The fourth-order valence-electron chi connectivity index (χ4n) is 4.37. The Hall–Kier alpha value is -2.35. The van der Waals surface area contributed by atoms with Crippen LogP contribution in [0.5, 0.6) is 11.5 Å². The van der Waals surface area contributed by atoms with Crippen LogP contribution in [0.1, 0.15) is 60.9 Å². The lowest BCUT2D eigenvalue weighted by Gasteiger charge is -2.19. The molecule has 1 aromatic carbocycles. The van der Waals surface area contributed by atoms with Crippen LogP contribution in [0.2, 0.25) is 0 Å². The molecule has 2 N–H and O–H groups in total. The molecule has 0 spiro atoms. The van der Waals surface area contributed by atoms with Crippen LogP contribution in [0.15, 0.2) is 23.0 Å². The second-order valence-corrected chi connectivity index (χ2v) is 8.66. The van der Waals surface area contributed by atoms with Gasteiger partial charge >= 0.3 is 0 Å². The van der Waals surface area contributed by atoms with Gasteiger partial charge in [-0.2, -0.15) is 0 Å². The Bertz CT molecular complexity index is 959. The van der Waals surface area contributed by atoms with Gasteiger partial charge in [0.2, 0.25) is 12.7 Å². The van der Waals surface area contributed by atoms with E-state index in [1.807, 2.05) is 22.9 Å². The van der Waals surface area contributed by atoms with Crippen molar-refractivity contribution >= 4 is 23.5 Å². The normalized spacial score (nSPS) is 22.3. The number of carbonyl (C=O) groups is 1. The lowest BCUT2D eigenvalue weighted by molar-refractivity contribution is -0.113. The molecular formula is C20H23N3O4S. The van der Waals surface area contributed by atoms with Crippen molar-refractivity contribution in [3.63, 3.8) is 0 Å². The maximum atomic E-state index is 13.0. The highest BCUT2D eigenvalue weighted by molar-refractivity contribution is 8.00. The first kappa shape index (κ1) is 17.7. The summed E-state index contributed by atoms with van der Waals surface area (Å²) in [6.45, 7) is 0.209. The fraction of sp³-hybridized carbons (Fsp3) is 0.500. The number of carbonyl (C=O) groups excluding carboxylic acids is 1. The molecule has 0 unspecified atom stereocenters. The van der Waals surface area contributed by atoms with Crippen LogP contribution in [-0.2, 0) is 4.79 Å². The Balaban J connectivity index is 1.59. The second kappa shape index (κ2) is 7.24. The number of hydrogen-bond acceptors (Lipinski definition) is 5. The van der Waals surface area contributed by atoms with Gasteiger partial charge in [0, 0.05) is 0 Å². The van der Waals surface area contributed by atoms with Crippen molar-refractivity contribution < 1.29 is 14.3 Å². The number of nitrogens with zero attached hydrogens (tertiary/aromatic N) is 1. The molecule has 1 amide bonds. The summed E-state index contributed by atoms with van der Waals surface area (Å²) in [5.41, 5.74) is 1.44. The molecule has 1 aliphatic carbocycles. The molecule has 2 aromatic rings. The molecule has 3 heterocycles. The number of thioether (sulfide) groups is 1. The first-order chi connectivity index (χ1) is 13.7. The molecule has 3 aliphatic rings. The number of amides is 1. The monoisotopic (exact) mass is 401 g/mol. The quantitative estimate of drug-likeness (QED) is 0.752. The summed E-state index contributed by atoms with van der Waals surface area (Å²) in [6, 6.07) is 5.96. The second-order valence-electron chi connectivity index (χ2n) is 7.57. The Morgan fingerprint density at radius 1 is 1.04 bits per heavy atom. The van der Waals surface area contributed by atoms with E-state index in [1.165, 1.54) is 24.6 Å². The molecule has 1 saturated carbocycles. The third kappa shape index (κ3) is 3.09. The van der Waals surface area contributed by atoms with Gasteiger partial charge in [0.15, 0.2) is 11.5 Å². The fourth-order valence-corrected chi connectivity index (χ4v) is 5.49. The van der Waals surface area contributed by atoms with Crippen LogP contribution >= 0.6 is 11.8 Å². The van der Waals surface area contributed by atoms with E-state index < -0.39 is 0 Å². The highest BCUT2D eigenvalue weighted by Gasteiger charge is 2.33. The molecule has 0 bridgehead atoms. The smallest absolute Gasteiger partial charge is 0.270 e. The average Bonchev–Trinajstić information content (AvgIpc) is 3.09. The predicted molar refractivity (Wildman–Crippen MR) is 107 cm³/mol. The largest absolute Gasteiger partial charge is 0.454 e. The van der Waals surface area contributed by atoms with Crippen molar-refractivity contribution in [2.24, 2.45) is 0 Å². The molecule has 5 rings (SSSR count). The van der Waals surface area contributed by atoms with Gasteiger partial charge in [-0.15, -0.1) is 11.8 Å². The van der Waals surface area contributed by atoms with Crippen LogP contribution in [0.3, 0.4) is 0 Å². The van der Waals surface area contributed by atoms with Gasteiger partial charge in [0.05, 0.1) is 22.6 Å². The summed E-state index contributed by atoms with van der Waals surface area (Å²) in [7, 11) is 0. The van der Waals surface area contributed by atoms with Crippen molar-refractivity contribution in [3.05, 3.63) is 39.7 Å².